The first kappa shape index (κ1) is 14.6. The van der Waals surface area contributed by atoms with Crippen LogP contribution in [0, 0.1) is 0 Å². The molecule has 2 aromatic rings. The highest BCUT2D eigenvalue weighted by molar-refractivity contribution is 6.00. The van der Waals surface area contributed by atoms with Gasteiger partial charge in [-0.25, -0.2) is 4.79 Å². The molecule has 0 atom stereocenters. The fourth-order valence-electron chi connectivity index (χ4n) is 3.02. The number of hydrogen-bond donors (Lipinski definition) is 1. The molecule has 0 saturated carbocycles. The van der Waals surface area contributed by atoms with Gasteiger partial charge in [-0.3, -0.25) is 0 Å². The third-order valence-electron chi connectivity index (χ3n) is 4.29. The zero-order valence-electron chi connectivity index (χ0n) is 13.3. The van der Waals surface area contributed by atoms with Crippen molar-refractivity contribution in [2.45, 2.75) is 39.2 Å². The van der Waals surface area contributed by atoms with Crippen LogP contribution >= 0.6 is 0 Å². The number of aryl methyl sites for hydroxylation is 1. The smallest absolute Gasteiger partial charge is 0.332 e. The lowest BCUT2D eigenvalue weighted by Gasteiger charge is -2.23. The number of hydrogen-bond acceptors (Lipinski definition) is 1. The largest absolute Gasteiger partial charge is 0.478 e. The highest BCUT2D eigenvalue weighted by atomic mass is 16.4. The molecule has 114 valence electrons. The summed E-state index contributed by atoms with van der Waals surface area (Å²) < 4.78 is 2.12. The van der Waals surface area contributed by atoms with Gasteiger partial charge in [0.25, 0.3) is 0 Å². The Morgan fingerprint density at radius 3 is 2.41 bits per heavy atom. The van der Waals surface area contributed by atoms with Crippen molar-refractivity contribution in [2.24, 2.45) is 0 Å². The molecular formula is C19H21NO2. The predicted octanol–water partition coefficient (Wildman–Crippen LogP) is 4.08. The van der Waals surface area contributed by atoms with E-state index >= 15 is 0 Å². The third kappa shape index (κ3) is 2.47. The van der Waals surface area contributed by atoms with Crippen molar-refractivity contribution in [2.75, 3.05) is 0 Å². The van der Waals surface area contributed by atoms with Crippen LogP contribution < -0.4 is 0 Å². The zero-order chi connectivity index (χ0) is 15.9. The van der Waals surface area contributed by atoms with E-state index in [0.29, 0.717) is 12.0 Å². The summed E-state index contributed by atoms with van der Waals surface area (Å²) in [6.07, 6.45) is 2.57. The number of rotatable bonds is 2. The maximum absolute atomic E-state index is 11.6. The standard InChI is InChI=1S/C19H21NO2/c1-19(2,3)14-8-6-13(7-9-14)17-15(18(21)22)10-12-20-11-4-5-16(17)20/h4-9,11H,10,12H2,1-3H3,(H,21,22). The molecule has 0 fully saturated rings. The second-order valence-corrected chi connectivity index (χ2v) is 6.82. The Kier molecular flexibility index (Phi) is 3.44. The van der Waals surface area contributed by atoms with Crippen LogP contribution in [-0.2, 0) is 16.8 Å². The van der Waals surface area contributed by atoms with Crippen molar-refractivity contribution in [3.8, 4) is 0 Å². The molecule has 3 heteroatoms. The second kappa shape index (κ2) is 5.16. The minimum atomic E-state index is -0.817. The van der Waals surface area contributed by atoms with Gasteiger partial charge in [0.2, 0.25) is 0 Å². The molecule has 2 heterocycles. The van der Waals surface area contributed by atoms with Gasteiger partial charge in [0.15, 0.2) is 0 Å². The van der Waals surface area contributed by atoms with Crippen LogP contribution in [0.25, 0.3) is 5.57 Å². The molecule has 1 aromatic heterocycles. The number of nitrogens with zero attached hydrogens (tertiary/aromatic N) is 1. The van der Waals surface area contributed by atoms with Crippen molar-refractivity contribution in [3.05, 3.63) is 65.0 Å². The van der Waals surface area contributed by atoms with Crippen LogP contribution in [-0.4, -0.2) is 15.6 Å². The van der Waals surface area contributed by atoms with E-state index < -0.39 is 5.97 Å². The van der Waals surface area contributed by atoms with Crippen LogP contribution in [0.5, 0.6) is 0 Å². The van der Waals surface area contributed by atoms with E-state index in [-0.39, 0.29) is 5.41 Å². The van der Waals surface area contributed by atoms with E-state index in [1.165, 1.54) is 5.56 Å². The fourth-order valence-corrected chi connectivity index (χ4v) is 3.02. The Hall–Kier alpha value is -2.29. The van der Waals surface area contributed by atoms with Crippen LogP contribution in [0.3, 0.4) is 0 Å². The van der Waals surface area contributed by atoms with Gasteiger partial charge < -0.3 is 9.67 Å². The van der Waals surface area contributed by atoms with E-state index in [0.717, 1.165) is 23.4 Å². The molecule has 3 rings (SSSR count). The van der Waals surface area contributed by atoms with E-state index in [1.807, 2.05) is 30.5 Å². The lowest BCUT2D eigenvalue weighted by atomic mass is 9.85. The molecule has 0 amide bonds. The first-order valence-corrected chi connectivity index (χ1v) is 7.61. The number of carboxylic acid groups (broad SMARTS) is 1. The Labute approximate surface area is 130 Å². The van der Waals surface area contributed by atoms with Gasteiger partial charge in [0.05, 0.1) is 0 Å². The van der Waals surface area contributed by atoms with Crippen molar-refractivity contribution >= 4 is 11.5 Å². The number of carboxylic acids is 1. The molecule has 0 unspecified atom stereocenters. The molecule has 0 radical (unpaired) electrons. The molecule has 1 aromatic carbocycles. The van der Waals surface area contributed by atoms with Crippen LogP contribution in [0.1, 0.15) is 44.0 Å². The number of benzene rings is 1. The molecule has 1 aliphatic heterocycles. The predicted molar refractivity (Wildman–Crippen MR) is 87.8 cm³/mol. The molecule has 0 aliphatic carbocycles. The molecule has 0 bridgehead atoms. The molecule has 3 nitrogen and oxygen atoms in total. The normalized spacial score (nSPS) is 14.9. The lowest BCUT2D eigenvalue weighted by molar-refractivity contribution is -0.132. The Balaban J connectivity index is 2.13. The number of aromatic nitrogens is 1. The third-order valence-corrected chi connectivity index (χ3v) is 4.29. The van der Waals surface area contributed by atoms with Gasteiger partial charge in [-0.2, -0.15) is 0 Å². The molecule has 1 aliphatic rings. The molecule has 22 heavy (non-hydrogen) atoms. The van der Waals surface area contributed by atoms with E-state index in [1.54, 1.807) is 0 Å². The van der Waals surface area contributed by atoms with Gasteiger partial charge in [0, 0.05) is 29.6 Å². The highest BCUT2D eigenvalue weighted by Gasteiger charge is 2.24. The first-order chi connectivity index (χ1) is 10.4. The van der Waals surface area contributed by atoms with Crippen LogP contribution in [0.4, 0.5) is 0 Å². The maximum Gasteiger partial charge on any atom is 0.332 e. The summed E-state index contributed by atoms with van der Waals surface area (Å²) in [5.41, 5.74) is 4.67. The number of fused-ring (bicyclic) bond motifs is 1. The maximum atomic E-state index is 11.6. The highest BCUT2D eigenvalue weighted by Crippen LogP contribution is 2.34. The van der Waals surface area contributed by atoms with E-state index in [4.69, 9.17) is 0 Å². The van der Waals surface area contributed by atoms with Gasteiger partial charge in [-0.1, -0.05) is 45.0 Å². The quantitative estimate of drug-likeness (QED) is 0.907. The second-order valence-electron chi connectivity index (χ2n) is 6.82. The summed E-state index contributed by atoms with van der Waals surface area (Å²) in [6, 6.07) is 12.3. The number of aliphatic carboxylic acids is 1. The summed E-state index contributed by atoms with van der Waals surface area (Å²) in [6.45, 7) is 7.26. The van der Waals surface area contributed by atoms with E-state index in [2.05, 4.69) is 37.5 Å². The summed E-state index contributed by atoms with van der Waals surface area (Å²) in [5.74, 6) is -0.817. The topological polar surface area (TPSA) is 42.2 Å². The Bertz CT molecular complexity index is 742. The van der Waals surface area contributed by atoms with Crippen LogP contribution in [0.2, 0.25) is 0 Å². The Morgan fingerprint density at radius 2 is 1.82 bits per heavy atom. The van der Waals surface area contributed by atoms with Gasteiger partial charge in [0.1, 0.15) is 0 Å². The van der Waals surface area contributed by atoms with Gasteiger partial charge >= 0.3 is 5.97 Å². The summed E-state index contributed by atoms with van der Waals surface area (Å²) >= 11 is 0. The van der Waals surface area contributed by atoms with Crippen molar-refractivity contribution in [1.29, 1.82) is 0 Å². The molecule has 1 N–H and O–H groups in total. The summed E-state index contributed by atoms with van der Waals surface area (Å²) in [7, 11) is 0. The average Bonchev–Trinajstić information content (AvgIpc) is 2.93. The van der Waals surface area contributed by atoms with Crippen molar-refractivity contribution in [1.82, 2.24) is 4.57 Å². The number of carbonyl (C=O) groups is 1. The SMILES string of the molecule is CC(C)(C)c1ccc(C2=C(C(=O)O)CCn3cccc32)cc1. The minimum Gasteiger partial charge on any atom is -0.478 e. The average molecular weight is 295 g/mol. The summed E-state index contributed by atoms with van der Waals surface area (Å²) in [5, 5.41) is 9.55. The monoisotopic (exact) mass is 295 g/mol. The first-order valence-electron chi connectivity index (χ1n) is 7.61. The van der Waals surface area contributed by atoms with E-state index in [9.17, 15) is 9.90 Å². The Morgan fingerprint density at radius 1 is 1.14 bits per heavy atom. The van der Waals surface area contributed by atoms with Gasteiger partial charge in [-0.05, 0) is 35.1 Å². The van der Waals surface area contributed by atoms with Gasteiger partial charge in [-0.15, -0.1) is 0 Å². The molecule has 0 saturated heterocycles. The van der Waals surface area contributed by atoms with Crippen LogP contribution in [0.15, 0.2) is 48.2 Å². The van der Waals surface area contributed by atoms with Crippen molar-refractivity contribution < 1.29 is 9.90 Å². The lowest BCUT2D eigenvalue weighted by Crippen LogP contribution is -2.16. The fraction of sp³-hybridized carbons (Fsp3) is 0.316. The van der Waals surface area contributed by atoms with Crippen molar-refractivity contribution in [3.63, 3.8) is 0 Å². The zero-order valence-corrected chi connectivity index (χ0v) is 13.3. The summed E-state index contributed by atoms with van der Waals surface area (Å²) in [4.78, 5) is 11.6. The minimum absolute atomic E-state index is 0.0926. The molecular weight excluding hydrogens is 274 g/mol. The molecule has 0 spiro atoms.